The minimum Gasteiger partial charge on any atom is -0.496 e. The molecule has 0 spiro atoms. The van der Waals surface area contributed by atoms with Crippen LogP contribution in [0.15, 0.2) is 47.2 Å². The molecule has 10 nitrogen and oxygen atoms in total. The van der Waals surface area contributed by atoms with E-state index >= 15 is 0 Å². The fraction of sp³-hybridized carbons (Fsp3) is 0.590. The van der Waals surface area contributed by atoms with Gasteiger partial charge in [0, 0.05) is 49.3 Å². The predicted molar refractivity (Wildman–Crippen MR) is 188 cm³/mol. The van der Waals surface area contributed by atoms with Gasteiger partial charge in [0.05, 0.1) is 7.11 Å². The second-order valence-corrected chi connectivity index (χ2v) is 15.1. The maximum Gasteiger partial charge on any atom is 0.407 e. The molecule has 0 atom stereocenters. The van der Waals surface area contributed by atoms with Gasteiger partial charge in [0.2, 0.25) is 5.91 Å². The maximum absolute atomic E-state index is 14.6. The SMILES string of the molecule is COc1ccc(C23CCC(CN(C(=O)C4CCC(N(CCCO)C(=O)O)CC4)c4cc(-c5coc(C(C)C)n5)ccn4)(CC2)CC3)cc1C. The Labute approximate surface area is 289 Å². The largest absolute Gasteiger partial charge is 0.496 e. The Hall–Kier alpha value is -3.92. The summed E-state index contributed by atoms with van der Waals surface area (Å²) in [7, 11) is 1.72. The van der Waals surface area contributed by atoms with Gasteiger partial charge in [0.1, 0.15) is 23.5 Å². The van der Waals surface area contributed by atoms with Crippen molar-refractivity contribution in [1.82, 2.24) is 14.9 Å². The number of nitrogens with zero attached hydrogens (tertiary/aromatic N) is 4. The number of hydrogen-bond donors (Lipinski definition) is 2. The van der Waals surface area contributed by atoms with E-state index in [1.54, 1.807) is 19.6 Å². The smallest absolute Gasteiger partial charge is 0.407 e. The summed E-state index contributed by atoms with van der Waals surface area (Å²) in [4.78, 5) is 39.5. The number of aryl methyl sites for hydroxylation is 1. The molecular weight excluding hydrogens is 620 g/mol. The molecule has 0 radical (unpaired) electrons. The van der Waals surface area contributed by atoms with Gasteiger partial charge in [-0.25, -0.2) is 14.8 Å². The zero-order valence-electron chi connectivity index (χ0n) is 29.5. The highest BCUT2D eigenvalue weighted by Crippen LogP contribution is 2.58. The molecule has 2 amide bonds. The number of ether oxygens (including phenoxy) is 1. The number of benzene rings is 1. The molecule has 2 bridgehead atoms. The molecule has 1 aromatic carbocycles. The molecule has 264 valence electrons. The number of pyridine rings is 1. The van der Waals surface area contributed by atoms with Gasteiger partial charge in [-0.2, -0.15) is 0 Å². The van der Waals surface area contributed by atoms with Crippen molar-refractivity contribution in [2.75, 3.05) is 31.7 Å². The van der Waals surface area contributed by atoms with Crippen LogP contribution in [-0.4, -0.2) is 69.9 Å². The van der Waals surface area contributed by atoms with E-state index in [1.165, 1.54) is 16.0 Å². The van der Waals surface area contributed by atoms with Crippen molar-refractivity contribution in [2.45, 2.75) is 109 Å². The number of carboxylic acid groups (broad SMARTS) is 1. The summed E-state index contributed by atoms with van der Waals surface area (Å²) in [6.07, 6.45) is 11.8. The second kappa shape index (κ2) is 14.5. The molecule has 49 heavy (non-hydrogen) atoms. The van der Waals surface area contributed by atoms with Crippen molar-refractivity contribution in [3.8, 4) is 17.0 Å². The number of aliphatic hydroxyl groups excluding tert-OH is 1. The number of rotatable bonds is 12. The van der Waals surface area contributed by atoms with Crippen LogP contribution >= 0.6 is 0 Å². The Morgan fingerprint density at radius 3 is 2.35 bits per heavy atom. The summed E-state index contributed by atoms with van der Waals surface area (Å²) < 4.78 is 11.3. The van der Waals surface area contributed by atoms with E-state index in [0.717, 1.165) is 55.5 Å². The van der Waals surface area contributed by atoms with Gasteiger partial charge in [-0.15, -0.1) is 0 Å². The number of fused-ring (bicyclic) bond motifs is 3. The number of oxazole rings is 1. The topological polar surface area (TPSA) is 129 Å². The maximum atomic E-state index is 14.6. The molecule has 4 saturated carbocycles. The van der Waals surface area contributed by atoms with Gasteiger partial charge in [0.15, 0.2) is 5.89 Å². The summed E-state index contributed by atoms with van der Waals surface area (Å²) in [5.74, 6) is 2.26. The average molecular weight is 673 g/mol. The van der Waals surface area contributed by atoms with Gasteiger partial charge in [-0.1, -0.05) is 26.0 Å². The zero-order chi connectivity index (χ0) is 34.8. The first kappa shape index (κ1) is 34.9. The third kappa shape index (κ3) is 7.21. The first-order valence-electron chi connectivity index (χ1n) is 18.1. The highest BCUT2D eigenvalue weighted by molar-refractivity contribution is 5.95. The number of anilines is 1. The lowest BCUT2D eigenvalue weighted by molar-refractivity contribution is -0.124. The van der Waals surface area contributed by atoms with Crippen LogP contribution in [0.4, 0.5) is 10.6 Å². The van der Waals surface area contributed by atoms with Crippen molar-refractivity contribution in [2.24, 2.45) is 11.3 Å². The Bertz CT molecular complexity index is 1600. The molecule has 0 aliphatic heterocycles. The molecule has 2 N–H and O–H groups in total. The Balaban J connectivity index is 1.24. The quantitative estimate of drug-likeness (QED) is 0.200. The average Bonchev–Trinajstić information content (AvgIpc) is 3.63. The lowest BCUT2D eigenvalue weighted by Gasteiger charge is -2.55. The van der Waals surface area contributed by atoms with Crippen LogP contribution in [0.3, 0.4) is 0 Å². The monoisotopic (exact) mass is 672 g/mol. The summed E-state index contributed by atoms with van der Waals surface area (Å²) in [6, 6.07) is 10.4. The molecule has 2 aromatic heterocycles. The van der Waals surface area contributed by atoms with E-state index in [4.69, 9.17) is 19.1 Å². The van der Waals surface area contributed by atoms with E-state index in [2.05, 4.69) is 25.1 Å². The molecule has 3 aromatic rings. The third-order valence-electron chi connectivity index (χ3n) is 11.8. The minimum absolute atomic E-state index is 0.0108. The molecule has 10 heteroatoms. The van der Waals surface area contributed by atoms with E-state index in [1.807, 2.05) is 30.9 Å². The van der Waals surface area contributed by atoms with E-state index < -0.39 is 6.09 Å². The molecule has 7 rings (SSSR count). The van der Waals surface area contributed by atoms with Crippen LogP contribution < -0.4 is 9.64 Å². The number of carbonyl (C=O) groups is 2. The van der Waals surface area contributed by atoms with Gasteiger partial charge in [0.25, 0.3) is 0 Å². The van der Waals surface area contributed by atoms with Gasteiger partial charge >= 0.3 is 6.09 Å². The Morgan fingerprint density at radius 2 is 1.76 bits per heavy atom. The Kier molecular flexibility index (Phi) is 10.3. The summed E-state index contributed by atoms with van der Waals surface area (Å²) >= 11 is 0. The first-order chi connectivity index (χ1) is 23.6. The summed E-state index contributed by atoms with van der Waals surface area (Å²) in [5, 5.41) is 19.1. The van der Waals surface area contributed by atoms with E-state index in [0.29, 0.717) is 56.9 Å². The van der Waals surface area contributed by atoms with Crippen LogP contribution in [0.2, 0.25) is 0 Å². The van der Waals surface area contributed by atoms with Crippen molar-refractivity contribution >= 4 is 17.8 Å². The zero-order valence-corrected chi connectivity index (χ0v) is 29.5. The van der Waals surface area contributed by atoms with Crippen LogP contribution in [0.5, 0.6) is 5.75 Å². The number of aromatic nitrogens is 2. The fourth-order valence-corrected chi connectivity index (χ4v) is 8.69. The highest BCUT2D eigenvalue weighted by Gasteiger charge is 2.51. The Morgan fingerprint density at radius 1 is 1.04 bits per heavy atom. The van der Waals surface area contributed by atoms with Gasteiger partial charge in [-0.3, -0.25) is 9.69 Å². The van der Waals surface area contributed by atoms with Crippen LogP contribution in [0.25, 0.3) is 11.3 Å². The number of methoxy groups -OCH3 is 1. The summed E-state index contributed by atoms with van der Waals surface area (Å²) in [6.45, 7) is 7.08. The first-order valence-corrected chi connectivity index (χ1v) is 18.1. The second-order valence-electron chi connectivity index (χ2n) is 15.1. The van der Waals surface area contributed by atoms with Crippen LogP contribution in [-0.2, 0) is 10.2 Å². The standard InChI is InChI=1S/C39H52N4O6/c1-26(2)35-41-32(24-49-35)29-12-19-40-34(23-29)43(36(45)28-6-9-31(10-7-28)42(37(46)47)20-5-21-44)25-38-13-16-39(17-14-38,18-15-38)30-8-11-33(48-4)27(3)22-30/h8,11-12,19,22-24,26,28,31,44H,5-7,9-10,13-18,20-21,25H2,1-4H3,(H,46,47). The molecule has 4 aliphatic rings. The van der Waals surface area contributed by atoms with Gasteiger partial charge in [-0.05, 0) is 118 Å². The van der Waals surface area contributed by atoms with Crippen molar-refractivity contribution in [1.29, 1.82) is 0 Å². The van der Waals surface area contributed by atoms with E-state index in [-0.39, 0.29) is 41.2 Å². The molecule has 0 unspecified atom stereocenters. The van der Waals surface area contributed by atoms with Crippen LogP contribution in [0, 0.1) is 18.3 Å². The number of hydrogen-bond acceptors (Lipinski definition) is 7. The predicted octanol–water partition coefficient (Wildman–Crippen LogP) is 7.72. The highest BCUT2D eigenvalue weighted by atomic mass is 16.5. The lowest BCUT2D eigenvalue weighted by Crippen LogP contribution is -2.52. The van der Waals surface area contributed by atoms with Crippen molar-refractivity contribution < 1.29 is 29.0 Å². The normalized spacial score (nSPS) is 24.9. The molecule has 2 heterocycles. The number of amides is 2. The number of carbonyl (C=O) groups excluding carboxylic acids is 1. The molecule has 0 saturated heterocycles. The van der Waals surface area contributed by atoms with Crippen molar-refractivity contribution in [3.63, 3.8) is 0 Å². The summed E-state index contributed by atoms with van der Waals surface area (Å²) in [5.41, 5.74) is 4.34. The molecule has 4 fully saturated rings. The van der Waals surface area contributed by atoms with Gasteiger partial charge < -0.3 is 24.3 Å². The fourth-order valence-electron chi connectivity index (χ4n) is 8.69. The lowest BCUT2D eigenvalue weighted by atomic mass is 9.51. The minimum atomic E-state index is -0.964. The third-order valence-corrected chi connectivity index (χ3v) is 11.8. The van der Waals surface area contributed by atoms with E-state index in [9.17, 15) is 19.8 Å². The van der Waals surface area contributed by atoms with Crippen molar-refractivity contribution in [3.05, 3.63) is 59.8 Å². The molecular formula is C39H52N4O6. The number of aliphatic hydroxyl groups is 1. The molecule has 4 aliphatic carbocycles. The van der Waals surface area contributed by atoms with Crippen LogP contribution in [0.1, 0.15) is 107 Å².